The van der Waals surface area contributed by atoms with E-state index < -0.39 is 12.0 Å². The number of phenolic OH excluding ortho intramolecular Hbond substituents is 1. The molecule has 6 aromatic rings. The van der Waals surface area contributed by atoms with Crippen LogP contribution in [0.25, 0.3) is 21.7 Å². The number of aromatic nitrogens is 5. The Hall–Kier alpha value is -6.10. The Labute approximate surface area is 492 Å². The highest BCUT2D eigenvalue weighted by Gasteiger charge is 2.45. The van der Waals surface area contributed by atoms with E-state index in [1.807, 2.05) is 63.7 Å². The minimum absolute atomic E-state index is 0.0474. The number of piperazine rings is 2. The summed E-state index contributed by atoms with van der Waals surface area (Å²) in [6.07, 6.45) is 9.46. The van der Waals surface area contributed by atoms with Crippen LogP contribution in [-0.4, -0.2) is 157 Å². The second-order valence-corrected chi connectivity index (χ2v) is 26.6. The molecule has 20 heteroatoms. The molecule has 6 aliphatic rings. The van der Waals surface area contributed by atoms with Crippen molar-refractivity contribution in [3.05, 3.63) is 102 Å². The number of ether oxygens (including phenoxy) is 1. The molecular formula is C61H76IN13O5S. The van der Waals surface area contributed by atoms with E-state index in [0.29, 0.717) is 65.6 Å². The molecule has 1 aliphatic carbocycles. The molecule has 2 amide bonds. The molecule has 81 heavy (non-hydrogen) atoms. The van der Waals surface area contributed by atoms with E-state index in [0.717, 1.165) is 130 Å². The van der Waals surface area contributed by atoms with Gasteiger partial charge in [-0.3, -0.25) is 14.5 Å². The number of thiazole rings is 1. The molecule has 4 N–H and O–H groups in total. The maximum atomic E-state index is 14.5. The van der Waals surface area contributed by atoms with Crippen LogP contribution in [0.2, 0.25) is 0 Å². The molecule has 6 atom stereocenters. The number of likely N-dealkylation sites (tertiary alicyclic amines) is 2. The fourth-order valence-corrected chi connectivity index (χ4v) is 15.3. The van der Waals surface area contributed by atoms with Crippen molar-refractivity contribution in [2.24, 2.45) is 17.8 Å². The third kappa shape index (κ3) is 12.1. The van der Waals surface area contributed by atoms with Gasteiger partial charge in [0.2, 0.25) is 17.7 Å². The van der Waals surface area contributed by atoms with E-state index in [2.05, 4.69) is 114 Å². The van der Waals surface area contributed by atoms with Gasteiger partial charge in [0.05, 0.1) is 33.5 Å². The summed E-state index contributed by atoms with van der Waals surface area (Å²) >= 11 is 4.00. The van der Waals surface area contributed by atoms with Crippen molar-refractivity contribution in [1.82, 2.24) is 45.3 Å². The molecule has 0 spiro atoms. The number of phenols is 1. The van der Waals surface area contributed by atoms with Gasteiger partial charge in [-0.05, 0) is 125 Å². The summed E-state index contributed by atoms with van der Waals surface area (Å²) in [6, 6.07) is 23.5. The van der Waals surface area contributed by atoms with Crippen LogP contribution in [-0.2, 0) is 9.59 Å². The number of nitrogens with one attached hydrogen (secondary N) is 1. The van der Waals surface area contributed by atoms with Crippen LogP contribution in [0.3, 0.4) is 0 Å². The zero-order chi connectivity index (χ0) is 55.9. The maximum Gasteiger partial charge on any atom is 0.243 e. The van der Waals surface area contributed by atoms with Gasteiger partial charge < -0.3 is 49.9 Å². The summed E-state index contributed by atoms with van der Waals surface area (Å²) in [5, 5.41) is 26.8. The molecule has 6 fully saturated rings. The molecule has 0 radical (unpaired) electrons. The highest BCUT2D eigenvalue weighted by molar-refractivity contribution is 14.1. The van der Waals surface area contributed by atoms with E-state index in [1.54, 1.807) is 28.4 Å². The number of anilines is 4. The van der Waals surface area contributed by atoms with Crippen molar-refractivity contribution < 1.29 is 24.0 Å². The number of hydrogen-bond donors (Lipinski definition) is 3. The molecule has 5 aliphatic heterocycles. The number of halogens is 1. The van der Waals surface area contributed by atoms with Gasteiger partial charge in [0, 0.05) is 104 Å². The predicted octanol–water partition coefficient (Wildman–Crippen LogP) is 8.82. The number of nitrogen functional groups attached to an aromatic ring is 1. The van der Waals surface area contributed by atoms with Crippen molar-refractivity contribution in [3.63, 3.8) is 0 Å². The van der Waals surface area contributed by atoms with Crippen molar-refractivity contribution in [1.29, 1.82) is 0 Å². The standard InChI is InChI=1S/C61H76IN13O5S/c1-37(2)57(61(78)74-33-44(62)27-52(74)60(77)66-38(3)42-9-11-43(12-10-42)58-39(4)65-36-81-58)54-30-55(69-80-54)72-23-21-71(22-24-72)31-40-16-19-70(20-17-40)32-41-25-48(26-41)79-56-28-45(15-18-64-56)75-46-13-14-47(75)35-73(34-46)51-29-50(67-68-59(51)63)49-7-5-6-8-53(49)76/h5-12,15,18,28-30,36-38,40-41,44,46-48,52,57,76H,13-14,16-17,19-27,31-35H2,1-4H3,(H2,63,68)(H,66,77)/t38-,41-,44+,46?,47?,48-,52-,57-/m0/s1. The number of carbonyl (C=O) groups excluding carboxylic acids is 2. The van der Waals surface area contributed by atoms with E-state index in [9.17, 15) is 14.7 Å². The zero-order valence-corrected chi connectivity index (χ0v) is 49.9. The van der Waals surface area contributed by atoms with Gasteiger partial charge in [0.15, 0.2) is 17.4 Å². The highest BCUT2D eigenvalue weighted by Crippen LogP contribution is 2.41. The Morgan fingerprint density at radius 3 is 2.28 bits per heavy atom. The lowest BCUT2D eigenvalue weighted by Crippen LogP contribution is -2.54. The van der Waals surface area contributed by atoms with Gasteiger partial charge in [-0.2, -0.15) is 0 Å². The number of para-hydroxylation sites is 1. The smallest absolute Gasteiger partial charge is 0.243 e. The highest BCUT2D eigenvalue weighted by atomic mass is 127. The monoisotopic (exact) mass is 1230 g/mol. The third-order valence-corrected chi connectivity index (χ3v) is 20.0. The average molecular weight is 1230 g/mol. The number of aryl methyl sites for hydroxylation is 1. The molecule has 1 saturated carbocycles. The molecule has 2 bridgehead atoms. The van der Waals surface area contributed by atoms with Crippen LogP contribution in [0.4, 0.5) is 23.0 Å². The number of nitrogens with two attached hydrogens (primary N) is 1. The number of carbonyl (C=O) groups is 2. The summed E-state index contributed by atoms with van der Waals surface area (Å²) in [7, 11) is 0. The van der Waals surface area contributed by atoms with Crippen LogP contribution < -0.4 is 30.5 Å². The summed E-state index contributed by atoms with van der Waals surface area (Å²) in [6.45, 7) is 18.5. The summed E-state index contributed by atoms with van der Waals surface area (Å²) in [4.78, 5) is 52.9. The third-order valence-electron chi connectivity index (χ3n) is 18.1. The van der Waals surface area contributed by atoms with Gasteiger partial charge in [0.25, 0.3) is 0 Å². The van der Waals surface area contributed by atoms with Gasteiger partial charge in [-0.1, -0.05) is 78.0 Å². The summed E-state index contributed by atoms with van der Waals surface area (Å²) in [5.74, 6) is 3.18. The topological polar surface area (TPSA) is 199 Å². The number of fused-ring (bicyclic) bond motifs is 2. The predicted molar refractivity (Wildman–Crippen MR) is 325 cm³/mol. The van der Waals surface area contributed by atoms with Crippen molar-refractivity contribution in [2.75, 3.05) is 92.4 Å². The normalized spacial score (nSPS) is 24.4. The summed E-state index contributed by atoms with van der Waals surface area (Å²) in [5.41, 5.74) is 14.7. The van der Waals surface area contributed by atoms with Crippen molar-refractivity contribution >= 4 is 68.8 Å². The first kappa shape index (κ1) is 55.4. The molecule has 5 saturated heterocycles. The Morgan fingerprint density at radius 2 is 1.57 bits per heavy atom. The number of amides is 2. The minimum Gasteiger partial charge on any atom is -0.507 e. The first-order valence-corrected chi connectivity index (χ1v) is 31.4. The van der Waals surface area contributed by atoms with Crippen LogP contribution in [0, 0.1) is 24.7 Å². The lowest BCUT2D eigenvalue weighted by atomic mass is 9.81. The second kappa shape index (κ2) is 24.0. The number of piperidine rings is 1. The Bertz CT molecular complexity index is 3140. The lowest BCUT2D eigenvalue weighted by molar-refractivity contribution is -0.141. The number of rotatable bonds is 17. The lowest BCUT2D eigenvalue weighted by Gasteiger charge is -2.43. The van der Waals surface area contributed by atoms with Crippen LogP contribution >= 0.6 is 33.9 Å². The maximum absolute atomic E-state index is 14.5. The number of pyridine rings is 1. The fourth-order valence-electron chi connectivity index (χ4n) is 13.6. The number of hydrogen-bond acceptors (Lipinski definition) is 17. The first-order chi connectivity index (χ1) is 39.3. The fraction of sp³-hybridized carbons (Fsp3) is 0.525. The van der Waals surface area contributed by atoms with Gasteiger partial charge in [-0.15, -0.1) is 21.5 Å². The van der Waals surface area contributed by atoms with E-state index in [1.165, 1.54) is 12.8 Å². The average Bonchev–Trinajstić information content (AvgIpc) is 4.28. The van der Waals surface area contributed by atoms with E-state index in [4.69, 9.17) is 15.0 Å². The summed E-state index contributed by atoms with van der Waals surface area (Å²) < 4.78 is 12.7. The molecule has 9 heterocycles. The van der Waals surface area contributed by atoms with Crippen molar-refractivity contribution in [2.45, 2.75) is 113 Å². The largest absolute Gasteiger partial charge is 0.507 e. The van der Waals surface area contributed by atoms with Crippen molar-refractivity contribution in [3.8, 4) is 33.3 Å². The van der Waals surface area contributed by atoms with E-state index in [-0.39, 0.29) is 39.6 Å². The molecular weight excluding hydrogens is 1150 g/mol. The van der Waals surface area contributed by atoms with Gasteiger partial charge in [-0.25, -0.2) is 9.97 Å². The van der Waals surface area contributed by atoms with E-state index >= 15 is 0 Å². The second-order valence-electron chi connectivity index (χ2n) is 23.9. The Kier molecular flexibility index (Phi) is 16.4. The minimum atomic E-state index is -0.556. The first-order valence-electron chi connectivity index (χ1n) is 29.3. The van der Waals surface area contributed by atoms with Crippen LogP contribution in [0.1, 0.15) is 94.7 Å². The molecule has 2 unspecified atom stereocenters. The Balaban J connectivity index is 0.564. The number of benzene rings is 2. The van der Waals surface area contributed by atoms with Crippen LogP contribution in [0.5, 0.6) is 11.6 Å². The van der Waals surface area contributed by atoms with Gasteiger partial charge >= 0.3 is 0 Å². The number of alkyl halides is 1. The van der Waals surface area contributed by atoms with Crippen LogP contribution in [0.15, 0.2) is 89.0 Å². The molecule has 12 rings (SSSR count). The molecule has 4 aromatic heterocycles. The quantitative estimate of drug-likeness (QED) is 0.0578. The molecule has 428 valence electrons. The number of aromatic hydroxyl groups is 1. The zero-order valence-electron chi connectivity index (χ0n) is 46.9. The Morgan fingerprint density at radius 1 is 0.840 bits per heavy atom. The number of nitrogens with zero attached hydrogens (tertiary/aromatic N) is 11. The SMILES string of the molecule is Cc1ncsc1-c1ccc([C@H](C)NC(=O)[C@@H]2C[C@@H](I)CN2C(=O)[C@H](c2cc(N3CCN(CC4CCN(C[C@H]5C[C@H](Oc6cc(N7C8CCC7CN(c7cc(-c9ccccc9O)nnc7N)C8)ccn6)C5)CC4)CC3)no2)C(C)C)cc1. The molecule has 18 nitrogen and oxygen atoms in total. The molecule has 2 aromatic carbocycles. The van der Waals surface area contributed by atoms with Gasteiger partial charge in [0.1, 0.15) is 23.8 Å².